The Hall–Kier alpha value is -8.13. The Morgan fingerprint density at radius 3 is 2.15 bits per heavy atom. The highest BCUT2D eigenvalue weighted by atomic mass is 16.5. The van der Waals surface area contributed by atoms with E-state index in [1.165, 1.54) is 12.1 Å². The number of hydrogen-bond donors (Lipinski definition) is 4. The van der Waals surface area contributed by atoms with Gasteiger partial charge in [0, 0.05) is 103 Å². The Kier molecular flexibility index (Phi) is 13.3. The Labute approximate surface area is 387 Å². The molecule has 0 saturated carbocycles. The minimum Gasteiger partial charge on any atom is -0.545 e. The fourth-order valence-corrected chi connectivity index (χ4v) is 8.31. The molecule has 0 aromatic heterocycles. The van der Waals surface area contributed by atoms with Gasteiger partial charge in [0.2, 0.25) is 5.36 Å². The molecular weight excluding hydrogens is 851 g/mol. The number of nitrogens with zero attached hydrogens (tertiary/aromatic N) is 3. The number of benzene rings is 6. The number of fused-ring (bicyclic) bond motifs is 3. The van der Waals surface area contributed by atoms with E-state index in [2.05, 4.69) is 10.6 Å². The van der Waals surface area contributed by atoms with Crippen LogP contribution in [0.3, 0.4) is 0 Å². The second-order valence-electron chi connectivity index (χ2n) is 17.0. The van der Waals surface area contributed by atoms with Crippen molar-refractivity contribution in [1.82, 2.24) is 20.1 Å². The lowest BCUT2D eigenvalue weighted by atomic mass is 9.89. The molecule has 4 N–H and O–H groups in total. The highest BCUT2D eigenvalue weighted by Crippen LogP contribution is 2.42. The summed E-state index contributed by atoms with van der Waals surface area (Å²) in [5.41, 5.74) is 6.27. The van der Waals surface area contributed by atoms with Crippen molar-refractivity contribution < 1.29 is 43.7 Å². The van der Waals surface area contributed by atoms with Gasteiger partial charge in [-0.25, -0.2) is 4.58 Å². The first kappa shape index (κ1) is 45.4. The number of amides is 3. The maximum Gasteiger partial charge on any atom is 0.262 e. The maximum absolute atomic E-state index is 13.7. The number of ether oxygens (including phenoxy) is 1. The fraction of sp³-hybridized carbons (Fsp3) is 0.226. The van der Waals surface area contributed by atoms with Crippen LogP contribution in [-0.2, 0) is 19.7 Å². The van der Waals surface area contributed by atoms with Crippen LogP contribution in [-0.4, -0.2) is 80.1 Å². The van der Waals surface area contributed by atoms with Crippen LogP contribution in [0.25, 0.3) is 33.4 Å². The second-order valence-corrected chi connectivity index (χ2v) is 17.0. The molecule has 5 aromatic carbocycles. The molecule has 0 radical (unpaired) electrons. The average molecular weight is 902 g/mol. The average Bonchev–Trinajstić information content (AvgIpc) is 3.75. The first-order valence-electron chi connectivity index (χ1n) is 22.0. The van der Waals surface area contributed by atoms with Crippen molar-refractivity contribution in [1.29, 1.82) is 0 Å². The Morgan fingerprint density at radius 2 is 1.45 bits per heavy atom. The number of carboxylic acid groups (broad SMARTS) is 1. The van der Waals surface area contributed by atoms with Gasteiger partial charge in [0.15, 0.2) is 0 Å². The molecular formula is C53H51N5O9. The van der Waals surface area contributed by atoms with Crippen molar-refractivity contribution >= 4 is 40.3 Å². The molecule has 0 saturated heterocycles. The number of rotatable bonds is 15. The monoisotopic (exact) mass is 901 g/mol. The molecule has 0 fully saturated rings. The van der Waals surface area contributed by atoms with Gasteiger partial charge in [0.1, 0.15) is 54.9 Å². The van der Waals surface area contributed by atoms with Crippen LogP contribution in [0.1, 0.15) is 77.4 Å². The van der Waals surface area contributed by atoms with Gasteiger partial charge in [-0.05, 0) is 84.0 Å². The van der Waals surface area contributed by atoms with E-state index in [1.54, 1.807) is 29.2 Å². The zero-order valence-corrected chi connectivity index (χ0v) is 37.7. The normalized spacial score (nSPS) is 11.9. The predicted molar refractivity (Wildman–Crippen MR) is 253 cm³/mol. The van der Waals surface area contributed by atoms with Crippen LogP contribution < -0.4 is 35.3 Å². The summed E-state index contributed by atoms with van der Waals surface area (Å²) < 4.78 is 14.2. The molecule has 0 bridgehead atoms. The third-order valence-electron chi connectivity index (χ3n) is 11.9. The van der Waals surface area contributed by atoms with Crippen molar-refractivity contribution in [3.05, 3.63) is 160 Å². The highest BCUT2D eigenvalue weighted by molar-refractivity contribution is 6.09. The Bertz CT molecular complexity index is 3080. The minimum absolute atomic E-state index is 0.0560. The predicted octanol–water partition coefficient (Wildman–Crippen LogP) is 6.14. The molecule has 3 amide bonds. The van der Waals surface area contributed by atoms with Gasteiger partial charge in [0.05, 0.1) is 12.0 Å². The van der Waals surface area contributed by atoms with Crippen LogP contribution in [0.15, 0.2) is 120 Å². The number of unbranched alkanes of at least 4 members (excludes halogenated alkanes) is 2. The van der Waals surface area contributed by atoms with Crippen molar-refractivity contribution in [2.75, 3.05) is 46.2 Å². The molecule has 342 valence electrons. The largest absolute Gasteiger partial charge is 0.545 e. The standard InChI is InChI=1S/C53H51N5O9/c1-56(2)37-16-19-41-45(25-37)67-46-26-38(57(3)4)17-20-42(46)48(41)40-18-15-34(24-43(40)53(64)65)51(62)55-22-10-6-9-21-54-50(61)33-13-14-35-29-58(30-36(35)23-33)52(63)49-44(60)27-39(59)28-47(49)66-31-32-11-7-5-8-12-32/h5,7-8,11-20,23-28H,6,9-10,21-22,29-31H2,1-4H3,(H4-,54,55,59,60,61,62,63,64,65). The summed E-state index contributed by atoms with van der Waals surface area (Å²) in [5, 5.41) is 41.0. The van der Waals surface area contributed by atoms with Crippen molar-refractivity contribution in [2.45, 2.75) is 39.0 Å². The van der Waals surface area contributed by atoms with Gasteiger partial charge < -0.3 is 49.7 Å². The molecule has 14 nitrogen and oxygen atoms in total. The van der Waals surface area contributed by atoms with E-state index in [4.69, 9.17) is 9.15 Å². The molecule has 3 aliphatic rings. The molecule has 2 heterocycles. The van der Waals surface area contributed by atoms with Crippen LogP contribution in [0, 0.1) is 0 Å². The van der Waals surface area contributed by atoms with Crippen molar-refractivity contribution in [3.63, 3.8) is 0 Å². The molecule has 0 atom stereocenters. The molecule has 5 aromatic rings. The Morgan fingerprint density at radius 1 is 0.761 bits per heavy atom. The van der Waals surface area contributed by atoms with Crippen LogP contribution in [0.2, 0.25) is 0 Å². The lowest BCUT2D eigenvalue weighted by molar-refractivity contribution is -0.254. The van der Waals surface area contributed by atoms with E-state index in [0.29, 0.717) is 71.3 Å². The van der Waals surface area contributed by atoms with Crippen molar-refractivity contribution in [2.24, 2.45) is 0 Å². The van der Waals surface area contributed by atoms with E-state index in [1.807, 2.05) is 110 Å². The summed E-state index contributed by atoms with van der Waals surface area (Å²) in [7, 11) is 7.72. The van der Waals surface area contributed by atoms with E-state index in [0.717, 1.165) is 33.8 Å². The minimum atomic E-state index is -1.41. The summed E-state index contributed by atoms with van der Waals surface area (Å²) in [6, 6.07) is 33.2. The summed E-state index contributed by atoms with van der Waals surface area (Å²) in [6.07, 6.45) is 1.98. The van der Waals surface area contributed by atoms with Crippen LogP contribution in [0.4, 0.5) is 5.69 Å². The molecule has 2 aliphatic heterocycles. The summed E-state index contributed by atoms with van der Waals surface area (Å²) in [5.74, 6) is -2.55. The third-order valence-corrected chi connectivity index (χ3v) is 11.9. The number of aromatic carboxylic acids is 1. The highest BCUT2D eigenvalue weighted by Gasteiger charge is 2.30. The lowest BCUT2D eigenvalue weighted by Gasteiger charge is -2.20. The van der Waals surface area contributed by atoms with Gasteiger partial charge >= 0.3 is 0 Å². The van der Waals surface area contributed by atoms with E-state index in [9.17, 15) is 34.5 Å². The second kappa shape index (κ2) is 19.5. The number of carboxylic acids is 1. The number of phenolic OH excluding ortho intramolecular Hbond substituents is 2. The summed E-state index contributed by atoms with van der Waals surface area (Å²) >= 11 is 0. The molecule has 8 rings (SSSR count). The summed E-state index contributed by atoms with van der Waals surface area (Å²) in [4.78, 5) is 56.4. The number of aromatic hydroxyl groups is 2. The number of phenols is 2. The Balaban J connectivity index is 0.847. The molecule has 1 aliphatic carbocycles. The van der Waals surface area contributed by atoms with Gasteiger partial charge in [-0.1, -0.05) is 42.5 Å². The molecule has 14 heteroatoms. The van der Waals surface area contributed by atoms with E-state index < -0.39 is 23.5 Å². The third kappa shape index (κ3) is 9.93. The zero-order valence-electron chi connectivity index (χ0n) is 37.7. The molecule has 67 heavy (non-hydrogen) atoms. The number of nitrogens with one attached hydrogen (secondary N) is 2. The van der Waals surface area contributed by atoms with Gasteiger partial charge in [0.25, 0.3) is 17.7 Å². The maximum atomic E-state index is 13.7. The van der Waals surface area contributed by atoms with Crippen molar-refractivity contribution in [3.8, 4) is 39.7 Å². The van der Waals surface area contributed by atoms with Crippen LogP contribution in [0.5, 0.6) is 17.2 Å². The summed E-state index contributed by atoms with van der Waals surface area (Å²) in [6.45, 7) is 1.36. The smallest absolute Gasteiger partial charge is 0.262 e. The first-order chi connectivity index (χ1) is 32.2. The van der Waals surface area contributed by atoms with Gasteiger partial charge in [-0.15, -0.1) is 0 Å². The van der Waals surface area contributed by atoms with E-state index in [-0.39, 0.29) is 53.8 Å². The SMILES string of the molecule is CN(C)c1ccc2c(-c3ccc(C(=O)NCCCCCNC(=O)c4ccc5c(c4)CN(C(=O)c4c(O)cc(O)cc4OCc4ccccc4)C5)cc3C(=O)[O-])c3ccc(=[N+](C)C)cc-3oc2c1. The number of anilines is 1. The van der Waals surface area contributed by atoms with E-state index >= 15 is 0 Å². The first-order valence-corrected chi connectivity index (χ1v) is 22.0. The number of carbonyl (C=O) groups excluding carboxylic acids is 4. The fourth-order valence-electron chi connectivity index (χ4n) is 8.31. The lowest BCUT2D eigenvalue weighted by Crippen LogP contribution is -2.27. The molecule has 0 unspecified atom stereocenters. The quantitative estimate of drug-likeness (QED) is 0.0529. The van der Waals surface area contributed by atoms with Gasteiger partial charge in [-0.3, -0.25) is 14.4 Å². The van der Waals surface area contributed by atoms with Crippen LogP contribution >= 0.6 is 0 Å². The zero-order chi connectivity index (χ0) is 47.4. The topological polar surface area (TPSA) is 188 Å². The number of hydrogen-bond acceptors (Lipinski definition) is 10. The van der Waals surface area contributed by atoms with Gasteiger partial charge in [-0.2, -0.15) is 0 Å². The number of carbonyl (C=O) groups is 4. The molecule has 0 spiro atoms.